The number of hydrogen-bond donors (Lipinski definition) is 0. The molecule has 0 bridgehead atoms. The van der Waals surface area contributed by atoms with Crippen LogP contribution in [0.3, 0.4) is 0 Å². The molecule has 0 N–H and O–H groups in total. The molecular formula is C10H27N. The van der Waals surface area contributed by atoms with Gasteiger partial charge in [-0.3, -0.25) is 0 Å². The second-order valence-corrected chi connectivity index (χ2v) is 4.34. The first-order chi connectivity index (χ1) is 4.73. The summed E-state index contributed by atoms with van der Waals surface area (Å²) in [7, 11) is 6.00. The molecule has 0 unspecified atom stereocenters. The Morgan fingerprint density at radius 3 is 0.727 bits per heavy atom. The molecule has 0 rings (SSSR count). The molecule has 0 atom stereocenters. The SMILES string of the molecule is CC.CC(C)(C)C.CN(C)C. The van der Waals surface area contributed by atoms with E-state index < -0.39 is 0 Å². The van der Waals surface area contributed by atoms with Crippen LogP contribution in [0.15, 0.2) is 0 Å². The standard InChI is InChI=1S/C5H12.C3H9N.C2H6/c1-5(2,3)4;1-4(2)3;1-2/h1-4H3;1-3H3;1-2H3. The third kappa shape index (κ3) is 394000. The van der Waals surface area contributed by atoms with E-state index in [0.717, 1.165) is 0 Å². The monoisotopic (exact) mass is 161 g/mol. The van der Waals surface area contributed by atoms with Gasteiger partial charge in [0.05, 0.1) is 0 Å². The molecule has 0 aliphatic carbocycles. The minimum Gasteiger partial charge on any atom is -0.312 e. The smallest absolute Gasteiger partial charge is 0.0140 e. The summed E-state index contributed by atoms with van der Waals surface area (Å²) in [5.41, 5.74) is 0.500. The zero-order valence-electron chi connectivity index (χ0n) is 9.95. The predicted molar refractivity (Wildman–Crippen MR) is 56.1 cm³/mol. The topological polar surface area (TPSA) is 3.24 Å². The summed E-state index contributed by atoms with van der Waals surface area (Å²) < 4.78 is 0. The van der Waals surface area contributed by atoms with Gasteiger partial charge in [0.2, 0.25) is 0 Å². The van der Waals surface area contributed by atoms with Crippen LogP contribution in [-0.4, -0.2) is 26.0 Å². The zero-order chi connectivity index (χ0) is 10.1. The van der Waals surface area contributed by atoms with Crippen LogP contribution in [-0.2, 0) is 0 Å². The molecule has 72 valence electrons. The fourth-order valence-electron chi connectivity index (χ4n) is 0. The van der Waals surface area contributed by atoms with Gasteiger partial charge in [0.1, 0.15) is 0 Å². The molecule has 0 fully saturated rings. The van der Waals surface area contributed by atoms with Crippen molar-refractivity contribution in [2.45, 2.75) is 41.5 Å². The summed E-state index contributed by atoms with van der Waals surface area (Å²) in [6.45, 7) is 12.8. The van der Waals surface area contributed by atoms with E-state index in [1.54, 1.807) is 0 Å². The Hall–Kier alpha value is -0.0400. The molecule has 0 aromatic heterocycles. The molecule has 0 aromatic rings. The lowest BCUT2D eigenvalue weighted by Crippen LogP contribution is -1.99. The van der Waals surface area contributed by atoms with Crippen LogP contribution in [0.2, 0.25) is 0 Å². The fraction of sp³-hybridized carbons (Fsp3) is 1.00. The van der Waals surface area contributed by atoms with Crippen LogP contribution in [0.4, 0.5) is 0 Å². The predicted octanol–water partition coefficient (Wildman–Crippen LogP) is 3.26. The Bertz CT molecular complexity index is 41.6. The molecule has 0 spiro atoms. The van der Waals surface area contributed by atoms with Crippen molar-refractivity contribution >= 4 is 0 Å². The minimum absolute atomic E-state index is 0.500. The van der Waals surface area contributed by atoms with Gasteiger partial charge < -0.3 is 4.90 Å². The van der Waals surface area contributed by atoms with Crippen molar-refractivity contribution in [3.05, 3.63) is 0 Å². The maximum Gasteiger partial charge on any atom is -0.0140 e. The van der Waals surface area contributed by atoms with Gasteiger partial charge in [-0.1, -0.05) is 41.5 Å². The highest BCUT2D eigenvalue weighted by molar-refractivity contribution is 4.47. The van der Waals surface area contributed by atoms with Crippen LogP contribution in [0.1, 0.15) is 41.5 Å². The fourth-order valence-corrected chi connectivity index (χ4v) is 0. The van der Waals surface area contributed by atoms with Crippen LogP contribution >= 0.6 is 0 Å². The Morgan fingerprint density at radius 1 is 0.727 bits per heavy atom. The van der Waals surface area contributed by atoms with Gasteiger partial charge in [-0.25, -0.2) is 0 Å². The maximum absolute atomic E-state index is 2.19. The molecule has 0 saturated carbocycles. The quantitative estimate of drug-likeness (QED) is 0.527. The molecule has 0 aromatic carbocycles. The minimum atomic E-state index is 0.500. The van der Waals surface area contributed by atoms with Crippen molar-refractivity contribution in [2.75, 3.05) is 21.1 Å². The molecule has 0 amide bonds. The largest absolute Gasteiger partial charge is 0.312 e. The number of rotatable bonds is 0. The summed E-state index contributed by atoms with van der Waals surface area (Å²) in [4.78, 5) is 2.00. The average molecular weight is 161 g/mol. The number of nitrogens with zero attached hydrogens (tertiary/aromatic N) is 1. The summed E-state index contributed by atoms with van der Waals surface area (Å²) in [5, 5.41) is 0. The van der Waals surface area contributed by atoms with E-state index in [0.29, 0.717) is 5.41 Å². The van der Waals surface area contributed by atoms with E-state index in [1.165, 1.54) is 0 Å². The molecule has 0 saturated heterocycles. The lowest BCUT2D eigenvalue weighted by atomic mass is 10.0. The van der Waals surface area contributed by atoms with Gasteiger partial charge >= 0.3 is 0 Å². The van der Waals surface area contributed by atoms with Crippen molar-refractivity contribution in [1.29, 1.82) is 0 Å². The maximum atomic E-state index is 2.19. The second-order valence-electron chi connectivity index (χ2n) is 4.34. The lowest BCUT2D eigenvalue weighted by molar-refractivity contribution is 0.469. The van der Waals surface area contributed by atoms with Crippen molar-refractivity contribution in [3.63, 3.8) is 0 Å². The van der Waals surface area contributed by atoms with Crippen LogP contribution < -0.4 is 0 Å². The molecular weight excluding hydrogens is 134 g/mol. The Kier molecular flexibility index (Phi) is 15.5. The van der Waals surface area contributed by atoms with Crippen LogP contribution in [0, 0.1) is 5.41 Å². The van der Waals surface area contributed by atoms with Crippen molar-refractivity contribution < 1.29 is 0 Å². The first-order valence-corrected chi connectivity index (χ1v) is 4.34. The molecule has 0 heterocycles. The molecule has 11 heavy (non-hydrogen) atoms. The molecule has 1 nitrogen and oxygen atoms in total. The third-order valence-electron chi connectivity index (χ3n) is 0. The normalized spacial score (nSPS) is 9.27. The van der Waals surface area contributed by atoms with Crippen molar-refractivity contribution in [1.82, 2.24) is 4.90 Å². The van der Waals surface area contributed by atoms with Gasteiger partial charge in [0.25, 0.3) is 0 Å². The van der Waals surface area contributed by atoms with Crippen molar-refractivity contribution in [3.8, 4) is 0 Å². The summed E-state index contributed by atoms with van der Waals surface area (Å²) in [6, 6.07) is 0. The summed E-state index contributed by atoms with van der Waals surface area (Å²) in [6.07, 6.45) is 0. The van der Waals surface area contributed by atoms with Gasteiger partial charge in [-0.15, -0.1) is 0 Å². The first kappa shape index (κ1) is 17.2. The van der Waals surface area contributed by atoms with Gasteiger partial charge in [0.15, 0.2) is 0 Å². The second kappa shape index (κ2) is 9.96. The molecule has 0 radical (unpaired) electrons. The Balaban J connectivity index is -0.0000000965. The van der Waals surface area contributed by atoms with E-state index in [4.69, 9.17) is 0 Å². The third-order valence-corrected chi connectivity index (χ3v) is 0. The average Bonchev–Trinajstić information content (AvgIpc) is 1.63. The Morgan fingerprint density at radius 2 is 0.727 bits per heavy atom. The van der Waals surface area contributed by atoms with Gasteiger partial charge in [0, 0.05) is 0 Å². The van der Waals surface area contributed by atoms with Gasteiger partial charge in [-0.2, -0.15) is 0 Å². The highest BCUT2D eigenvalue weighted by Crippen LogP contribution is 2.07. The van der Waals surface area contributed by atoms with E-state index in [-0.39, 0.29) is 0 Å². The van der Waals surface area contributed by atoms with Crippen molar-refractivity contribution in [2.24, 2.45) is 5.41 Å². The highest BCUT2D eigenvalue weighted by Gasteiger charge is 1.95. The van der Waals surface area contributed by atoms with E-state index in [2.05, 4.69) is 27.7 Å². The summed E-state index contributed by atoms with van der Waals surface area (Å²) >= 11 is 0. The number of hydrogen-bond acceptors (Lipinski definition) is 1. The van der Waals surface area contributed by atoms with Crippen LogP contribution in [0.5, 0.6) is 0 Å². The first-order valence-electron chi connectivity index (χ1n) is 4.34. The van der Waals surface area contributed by atoms with E-state index in [1.807, 2.05) is 39.9 Å². The van der Waals surface area contributed by atoms with E-state index >= 15 is 0 Å². The molecule has 1 heteroatoms. The van der Waals surface area contributed by atoms with Crippen LogP contribution in [0.25, 0.3) is 0 Å². The Labute approximate surface area is 73.8 Å². The zero-order valence-corrected chi connectivity index (χ0v) is 9.95. The van der Waals surface area contributed by atoms with Gasteiger partial charge in [-0.05, 0) is 26.6 Å². The highest BCUT2D eigenvalue weighted by atomic mass is 15.0. The molecule has 0 aliphatic heterocycles. The lowest BCUT2D eigenvalue weighted by Gasteiger charge is -2.05. The molecule has 0 aliphatic rings. The van der Waals surface area contributed by atoms with E-state index in [9.17, 15) is 0 Å². The summed E-state index contributed by atoms with van der Waals surface area (Å²) in [5.74, 6) is 0.